The summed E-state index contributed by atoms with van der Waals surface area (Å²) >= 11 is 0. The number of carbonyl (C=O) groups is 1. The van der Waals surface area contributed by atoms with Crippen molar-refractivity contribution in [2.24, 2.45) is 0 Å². The van der Waals surface area contributed by atoms with E-state index in [0.29, 0.717) is 13.2 Å². The molecule has 0 bridgehead atoms. The topological polar surface area (TPSA) is 96.5 Å². The minimum atomic E-state index is -0.258. The van der Waals surface area contributed by atoms with Gasteiger partial charge >= 0.3 is 6.09 Å². The molecule has 2 aromatic rings. The Hall–Kier alpha value is -2.68. The van der Waals surface area contributed by atoms with Crippen LogP contribution in [0.5, 0.6) is 0 Å². The minimum absolute atomic E-state index is 0.0790. The number of hydrogen-bond acceptors (Lipinski definition) is 7. The smallest absolute Gasteiger partial charge is 0.410 e. The molecule has 4 heterocycles. The van der Waals surface area contributed by atoms with Gasteiger partial charge in [-0.15, -0.1) is 0 Å². The molecule has 4 rings (SSSR count). The molecule has 0 radical (unpaired) electrons. The minimum Gasteiger partial charge on any atom is -0.447 e. The number of likely N-dealkylation sites (tertiary alicyclic amines) is 1. The van der Waals surface area contributed by atoms with E-state index in [1.54, 1.807) is 12.4 Å². The van der Waals surface area contributed by atoms with Crippen LogP contribution in [-0.2, 0) is 9.47 Å². The van der Waals surface area contributed by atoms with Crippen LogP contribution in [0.3, 0.4) is 0 Å². The highest BCUT2D eigenvalue weighted by Gasteiger charge is 2.38. The summed E-state index contributed by atoms with van der Waals surface area (Å²) in [6, 6.07) is 1.75. The van der Waals surface area contributed by atoms with E-state index in [4.69, 9.17) is 9.47 Å². The fourth-order valence-electron chi connectivity index (χ4n) is 4.74. The second kappa shape index (κ2) is 10.3. The maximum Gasteiger partial charge on any atom is 0.410 e. The Bertz CT molecular complexity index is 866. The molecule has 0 unspecified atom stereocenters. The van der Waals surface area contributed by atoms with E-state index in [1.807, 2.05) is 31.0 Å². The number of amides is 1. The van der Waals surface area contributed by atoms with E-state index in [9.17, 15) is 4.79 Å². The van der Waals surface area contributed by atoms with Crippen molar-refractivity contribution in [1.82, 2.24) is 25.1 Å². The number of nitrogens with zero attached hydrogens (tertiary/aromatic N) is 5. The second-order valence-electron chi connectivity index (χ2n) is 8.98. The van der Waals surface area contributed by atoms with Crippen LogP contribution < -0.4 is 4.90 Å². The molecule has 9 nitrogen and oxygen atoms in total. The van der Waals surface area contributed by atoms with E-state index in [1.165, 1.54) is 0 Å². The largest absolute Gasteiger partial charge is 0.447 e. The van der Waals surface area contributed by atoms with Crippen LogP contribution >= 0.6 is 0 Å². The first-order valence-electron chi connectivity index (χ1n) is 11.6. The van der Waals surface area contributed by atoms with Gasteiger partial charge in [-0.2, -0.15) is 5.10 Å². The van der Waals surface area contributed by atoms with Crippen LogP contribution in [0.4, 0.5) is 10.7 Å². The summed E-state index contributed by atoms with van der Waals surface area (Å²) in [5.74, 6) is 0.930. The highest BCUT2D eigenvalue weighted by Crippen LogP contribution is 2.34. The van der Waals surface area contributed by atoms with Crippen molar-refractivity contribution in [2.45, 2.75) is 70.6 Å². The van der Waals surface area contributed by atoms with Crippen LogP contribution in [0.25, 0.3) is 0 Å². The summed E-state index contributed by atoms with van der Waals surface area (Å²) < 4.78 is 12.0. The number of ether oxygens (including phenoxy) is 2. The Balaban J connectivity index is 1.41. The highest BCUT2D eigenvalue weighted by atomic mass is 16.6. The third-order valence-corrected chi connectivity index (χ3v) is 6.37. The lowest BCUT2D eigenvalue weighted by atomic mass is 9.85. The first-order valence-corrected chi connectivity index (χ1v) is 11.6. The van der Waals surface area contributed by atoms with Crippen molar-refractivity contribution in [2.75, 3.05) is 31.1 Å². The van der Waals surface area contributed by atoms with Gasteiger partial charge in [0.1, 0.15) is 0 Å². The molecule has 1 N–H and O–H groups in total. The van der Waals surface area contributed by atoms with Gasteiger partial charge in [0.2, 0.25) is 5.95 Å². The molecule has 2 atom stereocenters. The van der Waals surface area contributed by atoms with Gasteiger partial charge < -0.3 is 19.3 Å². The van der Waals surface area contributed by atoms with Gasteiger partial charge in [-0.1, -0.05) is 0 Å². The standard InChI is InChI=1S/C23H34N6O3/c1-16(2)32-23(30)29-11-4-6-19(21-17(3)14-26-27-21)20(29)15-31-18-7-12-28(13-8-18)22-24-9-5-10-25-22/h5,9-10,14,16,18-20H,4,6-8,11-13,15H2,1-3H3,(H,26,27)/t19-,20-/m0/s1. The lowest BCUT2D eigenvalue weighted by Crippen LogP contribution is -2.51. The van der Waals surface area contributed by atoms with Gasteiger partial charge in [-0.3, -0.25) is 5.10 Å². The van der Waals surface area contributed by atoms with E-state index in [2.05, 4.69) is 32.0 Å². The summed E-state index contributed by atoms with van der Waals surface area (Å²) in [4.78, 5) is 25.6. The SMILES string of the molecule is Cc1cn[nH]c1[C@H]1CCCN(C(=O)OC(C)C)[C@H]1COC1CCN(c2ncccn2)CC1. The van der Waals surface area contributed by atoms with Gasteiger partial charge in [0.15, 0.2) is 0 Å². The number of piperidine rings is 2. The van der Waals surface area contributed by atoms with Crippen LogP contribution in [0, 0.1) is 6.92 Å². The fourth-order valence-corrected chi connectivity index (χ4v) is 4.74. The predicted octanol–water partition coefficient (Wildman–Crippen LogP) is 3.29. The molecule has 2 aliphatic heterocycles. The Morgan fingerprint density at radius 3 is 2.59 bits per heavy atom. The molecule has 2 aromatic heterocycles. The van der Waals surface area contributed by atoms with Crippen molar-refractivity contribution in [3.8, 4) is 0 Å². The van der Waals surface area contributed by atoms with Crippen molar-refractivity contribution < 1.29 is 14.3 Å². The van der Waals surface area contributed by atoms with Gasteiger partial charge in [-0.25, -0.2) is 14.8 Å². The van der Waals surface area contributed by atoms with Gasteiger partial charge in [-0.05, 0) is 58.1 Å². The molecule has 2 fully saturated rings. The first kappa shape index (κ1) is 22.5. The lowest BCUT2D eigenvalue weighted by Gasteiger charge is -2.41. The summed E-state index contributed by atoms with van der Waals surface area (Å²) in [5, 5.41) is 7.38. The molecule has 0 aliphatic carbocycles. The molecule has 2 saturated heterocycles. The first-order chi connectivity index (χ1) is 15.5. The summed E-state index contributed by atoms with van der Waals surface area (Å²) in [5.41, 5.74) is 2.21. The van der Waals surface area contributed by atoms with E-state index in [-0.39, 0.29) is 30.3 Å². The Labute approximate surface area is 189 Å². The van der Waals surface area contributed by atoms with Crippen molar-refractivity contribution in [3.05, 3.63) is 35.9 Å². The summed E-state index contributed by atoms with van der Waals surface area (Å²) in [7, 11) is 0. The fraction of sp³-hybridized carbons (Fsp3) is 0.652. The van der Waals surface area contributed by atoms with E-state index < -0.39 is 0 Å². The van der Waals surface area contributed by atoms with Crippen molar-refractivity contribution >= 4 is 12.0 Å². The second-order valence-corrected chi connectivity index (χ2v) is 8.98. The maximum atomic E-state index is 12.9. The Morgan fingerprint density at radius 2 is 1.94 bits per heavy atom. The monoisotopic (exact) mass is 442 g/mol. The number of aromatic nitrogens is 4. The number of carbonyl (C=O) groups excluding carboxylic acids is 1. The molecule has 1 amide bonds. The molecular weight excluding hydrogens is 408 g/mol. The zero-order valence-corrected chi connectivity index (χ0v) is 19.2. The number of aromatic amines is 1. The van der Waals surface area contributed by atoms with Crippen LogP contribution in [0.2, 0.25) is 0 Å². The normalized spacial score (nSPS) is 22.4. The number of nitrogens with one attached hydrogen (secondary N) is 1. The molecule has 174 valence electrons. The van der Waals surface area contributed by atoms with Crippen LogP contribution in [0.15, 0.2) is 24.7 Å². The number of anilines is 1. The van der Waals surface area contributed by atoms with Gasteiger partial charge in [0.25, 0.3) is 0 Å². The third-order valence-electron chi connectivity index (χ3n) is 6.37. The quantitative estimate of drug-likeness (QED) is 0.733. The number of H-pyrrole nitrogens is 1. The zero-order valence-electron chi connectivity index (χ0n) is 19.2. The molecular formula is C23H34N6O3. The highest BCUT2D eigenvalue weighted by molar-refractivity contribution is 5.68. The summed E-state index contributed by atoms with van der Waals surface area (Å²) in [6.45, 7) is 8.73. The number of hydrogen-bond donors (Lipinski definition) is 1. The molecule has 0 saturated carbocycles. The maximum absolute atomic E-state index is 12.9. The van der Waals surface area contributed by atoms with E-state index in [0.717, 1.165) is 56.0 Å². The molecule has 0 aromatic carbocycles. The zero-order chi connectivity index (χ0) is 22.5. The number of aryl methyl sites for hydroxylation is 1. The molecule has 2 aliphatic rings. The van der Waals surface area contributed by atoms with Crippen molar-refractivity contribution in [3.63, 3.8) is 0 Å². The molecule has 9 heteroatoms. The molecule has 32 heavy (non-hydrogen) atoms. The Kier molecular flexibility index (Phi) is 7.24. The van der Waals surface area contributed by atoms with Crippen molar-refractivity contribution in [1.29, 1.82) is 0 Å². The van der Waals surface area contributed by atoms with Gasteiger partial charge in [0, 0.05) is 43.6 Å². The van der Waals surface area contributed by atoms with E-state index >= 15 is 0 Å². The number of rotatable bonds is 6. The van der Waals surface area contributed by atoms with Crippen LogP contribution in [-0.4, -0.2) is 75.6 Å². The molecule has 0 spiro atoms. The summed E-state index contributed by atoms with van der Waals surface area (Å²) in [6.07, 6.45) is 8.89. The predicted molar refractivity (Wildman–Crippen MR) is 121 cm³/mol. The van der Waals surface area contributed by atoms with Gasteiger partial charge in [0.05, 0.1) is 31.1 Å². The average Bonchev–Trinajstić information content (AvgIpc) is 3.23. The van der Waals surface area contributed by atoms with Crippen LogP contribution in [0.1, 0.15) is 56.7 Å². The Morgan fingerprint density at radius 1 is 1.19 bits per heavy atom. The lowest BCUT2D eigenvalue weighted by molar-refractivity contribution is -0.0238. The third kappa shape index (κ3) is 5.20. The average molecular weight is 443 g/mol.